The van der Waals surface area contributed by atoms with Gasteiger partial charge in [-0.2, -0.15) is 0 Å². The Hall–Kier alpha value is -2.94. The zero-order chi connectivity index (χ0) is 19.5. The van der Waals surface area contributed by atoms with Crippen LogP contribution in [-0.2, 0) is 11.3 Å². The Morgan fingerprint density at radius 1 is 1.21 bits per heavy atom. The smallest absolute Gasteiger partial charge is 0.277 e. The van der Waals surface area contributed by atoms with Gasteiger partial charge in [0, 0.05) is 13.1 Å². The number of aryl methyl sites for hydroxylation is 1. The van der Waals surface area contributed by atoms with E-state index in [9.17, 15) is 4.79 Å². The van der Waals surface area contributed by atoms with Crippen molar-refractivity contribution in [3.05, 3.63) is 41.9 Å². The molecule has 4 rings (SSSR count). The summed E-state index contributed by atoms with van der Waals surface area (Å²) in [6, 6.07) is 7.48. The van der Waals surface area contributed by atoms with Gasteiger partial charge in [0.25, 0.3) is 11.1 Å². The normalized spacial score (nSPS) is 12.4. The van der Waals surface area contributed by atoms with E-state index in [-0.39, 0.29) is 18.5 Å². The van der Waals surface area contributed by atoms with Crippen LogP contribution >= 0.6 is 11.8 Å². The second kappa shape index (κ2) is 7.97. The van der Waals surface area contributed by atoms with Crippen LogP contribution in [-0.4, -0.2) is 40.1 Å². The molecule has 0 bridgehead atoms. The van der Waals surface area contributed by atoms with Gasteiger partial charge in [0.05, 0.1) is 17.6 Å². The molecule has 146 valence electrons. The highest BCUT2D eigenvalue weighted by molar-refractivity contribution is 7.99. The number of aromatic nitrogens is 2. The molecule has 0 N–H and O–H groups in total. The van der Waals surface area contributed by atoms with E-state index in [1.807, 2.05) is 32.0 Å². The van der Waals surface area contributed by atoms with Crippen LogP contribution in [0.25, 0.3) is 11.5 Å². The van der Waals surface area contributed by atoms with Crippen LogP contribution < -0.4 is 9.47 Å². The summed E-state index contributed by atoms with van der Waals surface area (Å²) in [5, 5.41) is 8.36. The van der Waals surface area contributed by atoms with Crippen molar-refractivity contribution in [2.75, 3.05) is 19.1 Å². The maximum Gasteiger partial charge on any atom is 0.277 e. The third-order valence-corrected chi connectivity index (χ3v) is 5.16. The van der Waals surface area contributed by atoms with Crippen molar-refractivity contribution in [1.82, 2.24) is 15.1 Å². The second-order valence-corrected chi connectivity index (χ2v) is 7.07. The van der Waals surface area contributed by atoms with Gasteiger partial charge in [-0.05, 0) is 37.6 Å². The lowest BCUT2D eigenvalue weighted by molar-refractivity contribution is -0.128. The molecule has 3 heterocycles. The highest BCUT2D eigenvalue weighted by Crippen LogP contribution is 2.33. The zero-order valence-corrected chi connectivity index (χ0v) is 16.3. The van der Waals surface area contributed by atoms with E-state index >= 15 is 0 Å². The van der Waals surface area contributed by atoms with Crippen molar-refractivity contribution in [2.24, 2.45) is 0 Å². The topological polar surface area (TPSA) is 90.8 Å². The summed E-state index contributed by atoms with van der Waals surface area (Å²) >= 11 is 1.22. The summed E-state index contributed by atoms with van der Waals surface area (Å²) < 4.78 is 21.6. The summed E-state index contributed by atoms with van der Waals surface area (Å²) in [5.74, 6) is 2.73. The van der Waals surface area contributed by atoms with E-state index in [2.05, 4.69) is 10.2 Å². The van der Waals surface area contributed by atoms with Gasteiger partial charge in [0.2, 0.25) is 12.7 Å². The number of thioether (sulfide) groups is 1. The van der Waals surface area contributed by atoms with E-state index in [0.29, 0.717) is 35.7 Å². The molecule has 1 aromatic carbocycles. The Balaban J connectivity index is 1.36. The number of carbonyl (C=O) groups excluding carboxylic acids is 1. The lowest BCUT2D eigenvalue weighted by atomic mass is 10.2. The maximum absolute atomic E-state index is 12.6. The van der Waals surface area contributed by atoms with E-state index in [0.717, 1.165) is 16.9 Å². The highest BCUT2D eigenvalue weighted by atomic mass is 32.2. The van der Waals surface area contributed by atoms with Crippen molar-refractivity contribution in [3.63, 3.8) is 0 Å². The number of benzene rings is 1. The molecule has 0 aliphatic carbocycles. The molecule has 1 aliphatic rings. The number of hydrogen-bond donors (Lipinski definition) is 0. The predicted molar refractivity (Wildman–Crippen MR) is 101 cm³/mol. The number of nitrogens with zero attached hydrogens (tertiary/aromatic N) is 3. The average Bonchev–Trinajstić information content (AvgIpc) is 3.44. The van der Waals surface area contributed by atoms with Gasteiger partial charge >= 0.3 is 0 Å². The molecule has 0 unspecified atom stereocenters. The maximum atomic E-state index is 12.6. The fourth-order valence-electron chi connectivity index (χ4n) is 2.83. The first-order valence-electron chi connectivity index (χ1n) is 8.81. The fraction of sp³-hybridized carbons (Fsp3) is 0.316. The van der Waals surface area contributed by atoms with Gasteiger partial charge in [-0.3, -0.25) is 4.79 Å². The first-order valence-corrected chi connectivity index (χ1v) is 9.79. The van der Waals surface area contributed by atoms with Crippen LogP contribution in [0.3, 0.4) is 0 Å². The molecule has 9 heteroatoms. The van der Waals surface area contributed by atoms with Crippen molar-refractivity contribution in [2.45, 2.75) is 25.6 Å². The van der Waals surface area contributed by atoms with Crippen LogP contribution in [0, 0.1) is 6.92 Å². The molecular weight excluding hydrogens is 382 g/mol. The van der Waals surface area contributed by atoms with Crippen molar-refractivity contribution < 1.29 is 23.1 Å². The lowest BCUT2D eigenvalue weighted by Crippen LogP contribution is -2.31. The van der Waals surface area contributed by atoms with Crippen LogP contribution in [0.5, 0.6) is 11.5 Å². The summed E-state index contributed by atoms with van der Waals surface area (Å²) in [6.07, 6.45) is 1.57. The number of ether oxygens (including phenoxy) is 2. The van der Waals surface area contributed by atoms with Crippen molar-refractivity contribution >= 4 is 17.7 Å². The minimum Gasteiger partial charge on any atom is -0.469 e. The molecule has 2 aromatic heterocycles. The predicted octanol–water partition coefficient (Wildman–Crippen LogP) is 3.51. The first-order chi connectivity index (χ1) is 13.6. The number of carbonyl (C=O) groups is 1. The Morgan fingerprint density at radius 2 is 2.07 bits per heavy atom. The molecule has 0 spiro atoms. The average molecular weight is 401 g/mol. The molecule has 28 heavy (non-hydrogen) atoms. The van der Waals surface area contributed by atoms with Crippen molar-refractivity contribution in [3.8, 4) is 23.0 Å². The fourth-order valence-corrected chi connectivity index (χ4v) is 3.50. The van der Waals surface area contributed by atoms with Crippen LogP contribution in [0.2, 0.25) is 0 Å². The molecule has 1 aliphatic heterocycles. The summed E-state index contributed by atoms with van der Waals surface area (Å²) in [5.41, 5.74) is 1.74. The molecule has 0 radical (unpaired) electrons. The summed E-state index contributed by atoms with van der Waals surface area (Å²) in [7, 11) is 0. The zero-order valence-electron chi connectivity index (χ0n) is 15.5. The molecule has 0 fully saturated rings. The van der Waals surface area contributed by atoms with Crippen LogP contribution in [0.4, 0.5) is 0 Å². The standard InChI is InChI=1S/C19H19N3O5S/c1-3-22(9-13-4-5-15-16(8-13)26-11-25-15)17(23)10-28-19-21-20-18(27-19)14-6-7-24-12(14)2/h4-8H,3,9-11H2,1-2H3. The number of amides is 1. The highest BCUT2D eigenvalue weighted by Gasteiger charge is 2.19. The van der Waals surface area contributed by atoms with Gasteiger partial charge in [0.15, 0.2) is 11.5 Å². The molecule has 3 aromatic rings. The van der Waals surface area contributed by atoms with Gasteiger partial charge in [-0.1, -0.05) is 17.8 Å². The SMILES string of the molecule is CCN(Cc1ccc2c(c1)OCO2)C(=O)CSc1nnc(-c2ccoc2C)o1. The van der Waals surface area contributed by atoms with E-state index in [4.69, 9.17) is 18.3 Å². The largest absolute Gasteiger partial charge is 0.469 e. The van der Waals surface area contributed by atoms with Gasteiger partial charge in [-0.15, -0.1) is 10.2 Å². The van der Waals surface area contributed by atoms with E-state index in [1.54, 1.807) is 17.2 Å². The Labute approximate surface area is 165 Å². The summed E-state index contributed by atoms with van der Waals surface area (Å²) in [4.78, 5) is 14.4. The van der Waals surface area contributed by atoms with Gasteiger partial charge < -0.3 is 23.2 Å². The number of rotatable bonds is 7. The number of hydrogen-bond acceptors (Lipinski definition) is 8. The van der Waals surface area contributed by atoms with Gasteiger partial charge in [0.1, 0.15) is 5.76 Å². The quantitative estimate of drug-likeness (QED) is 0.556. The van der Waals surface area contributed by atoms with E-state index < -0.39 is 0 Å². The Bertz CT molecular complexity index is 984. The molecule has 0 saturated carbocycles. The lowest BCUT2D eigenvalue weighted by Gasteiger charge is -2.20. The van der Waals surface area contributed by atoms with Crippen molar-refractivity contribution in [1.29, 1.82) is 0 Å². The molecule has 8 nitrogen and oxygen atoms in total. The van der Waals surface area contributed by atoms with Crippen LogP contribution in [0.15, 0.2) is 44.6 Å². The number of furan rings is 1. The third-order valence-electron chi connectivity index (χ3n) is 4.36. The molecule has 1 amide bonds. The minimum absolute atomic E-state index is 0.00981. The Kier molecular flexibility index (Phi) is 5.25. The third kappa shape index (κ3) is 3.84. The van der Waals surface area contributed by atoms with Crippen LogP contribution in [0.1, 0.15) is 18.2 Å². The summed E-state index contributed by atoms with van der Waals surface area (Å²) in [6.45, 7) is 5.09. The first kappa shape index (κ1) is 18.4. The molecule has 0 saturated heterocycles. The Morgan fingerprint density at radius 3 is 2.86 bits per heavy atom. The minimum atomic E-state index is -0.00981. The monoisotopic (exact) mass is 401 g/mol. The molecular formula is C19H19N3O5S. The molecule has 0 atom stereocenters. The second-order valence-electron chi connectivity index (χ2n) is 6.15. The van der Waals surface area contributed by atoms with Gasteiger partial charge in [-0.25, -0.2) is 0 Å². The number of fused-ring (bicyclic) bond motifs is 1. The van der Waals surface area contributed by atoms with E-state index in [1.165, 1.54) is 11.8 Å².